The minimum Gasteiger partial charge on any atom is -0.507 e. The summed E-state index contributed by atoms with van der Waals surface area (Å²) in [5.41, 5.74) is 1.40. The average Bonchev–Trinajstić information content (AvgIpc) is 2.88. The Morgan fingerprint density at radius 3 is 2.84 bits per heavy atom. The summed E-state index contributed by atoms with van der Waals surface area (Å²) in [6.07, 6.45) is 1.25. The predicted molar refractivity (Wildman–Crippen MR) is 73.2 cm³/mol. The molecule has 104 valence electrons. The minimum absolute atomic E-state index is 0.0303. The third kappa shape index (κ3) is 2.89. The molecule has 1 aliphatic rings. The monoisotopic (exact) mass is 263 g/mol. The molecule has 2 N–H and O–H groups in total. The number of hydrogen-bond donors (Lipinski definition) is 2. The molecule has 1 aliphatic heterocycles. The predicted octanol–water partition coefficient (Wildman–Crippen LogP) is 1.80. The van der Waals surface area contributed by atoms with Gasteiger partial charge in [0.1, 0.15) is 5.75 Å². The molecule has 1 heterocycles. The molecule has 0 radical (unpaired) electrons. The minimum atomic E-state index is -0.395. The maximum Gasteiger partial charge on any atom is 0.257 e. The summed E-state index contributed by atoms with van der Waals surface area (Å²) < 4.78 is 0. The largest absolute Gasteiger partial charge is 0.507 e. The van der Waals surface area contributed by atoms with Gasteiger partial charge in [0.2, 0.25) is 0 Å². The summed E-state index contributed by atoms with van der Waals surface area (Å²) in [7, 11) is 0. The van der Waals surface area contributed by atoms with Crippen molar-refractivity contribution in [2.45, 2.75) is 32.8 Å². The van der Waals surface area contributed by atoms with E-state index < -0.39 is 6.10 Å². The van der Waals surface area contributed by atoms with E-state index in [1.165, 1.54) is 0 Å². The second-order valence-electron chi connectivity index (χ2n) is 5.25. The molecule has 0 bridgehead atoms. The third-order valence-corrected chi connectivity index (χ3v) is 3.89. The van der Waals surface area contributed by atoms with Gasteiger partial charge in [-0.15, -0.1) is 0 Å². The van der Waals surface area contributed by atoms with Gasteiger partial charge in [-0.2, -0.15) is 0 Å². The molecule has 1 fully saturated rings. The molecule has 0 spiro atoms. The molecular weight excluding hydrogens is 242 g/mol. The SMILES string of the molecule is CCc1ccc(O)c(C(=O)N2CCC(C(C)O)C2)c1. The first-order chi connectivity index (χ1) is 9.02. The number of phenolic OH excluding ortho intramolecular Hbond substituents is 1. The number of likely N-dealkylation sites (tertiary alicyclic amines) is 1. The van der Waals surface area contributed by atoms with E-state index in [0.717, 1.165) is 18.4 Å². The van der Waals surface area contributed by atoms with Crippen LogP contribution >= 0.6 is 0 Å². The van der Waals surface area contributed by atoms with E-state index in [1.54, 1.807) is 24.0 Å². The van der Waals surface area contributed by atoms with Crippen LogP contribution in [0.4, 0.5) is 0 Å². The number of benzene rings is 1. The van der Waals surface area contributed by atoms with Crippen molar-refractivity contribution in [3.63, 3.8) is 0 Å². The van der Waals surface area contributed by atoms with E-state index >= 15 is 0 Å². The van der Waals surface area contributed by atoms with Gasteiger partial charge in [0.25, 0.3) is 5.91 Å². The normalized spacial score (nSPS) is 20.6. The summed E-state index contributed by atoms with van der Waals surface area (Å²) in [4.78, 5) is 14.1. The van der Waals surface area contributed by atoms with Crippen molar-refractivity contribution in [1.29, 1.82) is 0 Å². The lowest BCUT2D eigenvalue weighted by Gasteiger charge is -2.18. The fraction of sp³-hybridized carbons (Fsp3) is 0.533. The highest BCUT2D eigenvalue weighted by Gasteiger charge is 2.30. The van der Waals surface area contributed by atoms with Crippen molar-refractivity contribution in [2.75, 3.05) is 13.1 Å². The van der Waals surface area contributed by atoms with Gasteiger partial charge in [-0.25, -0.2) is 0 Å². The average molecular weight is 263 g/mol. The van der Waals surface area contributed by atoms with Gasteiger partial charge < -0.3 is 15.1 Å². The Balaban J connectivity index is 2.16. The molecule has 1 saturated heterocycles. The van der Waals surface area contributed by atoms with Crippen LogP contribution in [-0.2, 0) is 6.42 Å². The first-order valence-corrected chi connectivity index (χ1v) is 6.82. The number of aryl methyl sites for hydroxylation is 1. The van der Waals surface area contributed by atoms with E-state index in [-0.39, 0.29) is 17.6 Å². The second-order valence-corrected chi connectivity index (χ2v) is 5.25. The van der Waals surface area contributed by atoms with Crippen LogP contribution in [0.1, 0.15) is 36.2 Å². The molecule has 0 aromatic heterocycles. The lowest BCUT2D eigenvalue weighted by atomic mass is 10.0. The van der Waals surface area contributed by atoms with Crippen LogP contribution in [0.5, 0.6) is 5.75 Å². The number of aliphatic hydroxyl groups excluding tert-OH is 1. The highest BCUT2D eigenvalue weighted by molar-refractivity contribution is 5.97. The topological polar surface area (TPSA) is 60.8 Å². The quantitative estimate of drug-likeness (QED) is 0.874. The lowest BCUT2D eigenvalue weighted by molar-refractivity contribution is 0.0759. The maximum absolute atomic E-state index is 12.4. The number of amides is 1. The molecular formula is C15H21NO3. The first kappa shape index (κ1) is 13.9. The Labute approximate surface area is 113 Å². The standard InChI is InChI=1S/C15H21NO3/c1-3-11-4-5-14(18)13(8-11)15(19)16-7-6-12(9-16)10(2)17/h4-5,8,10,12,17-18H,3,6-7,9H2,1-2H3. The zero-order chi connectivity index (χ0) is 14.0. The highest BCUT2D eigenvalue weighted by Crippen LogP contribution is 2.25. The zero-order valence-electron chi connectivity index (χ0n) is 11.5. The van der Waals surface area contributed by atoms with Gasteiger partial charge in [-0.3, -0.25) is 4.79 Å². The molecule has 2 atom stereocenters. The van der Waals surface area contributed by atoms with Crippen molar-refractivity contribution in [2.24, 2.45) is 5.92 Å². The van der Waals surface area contributed by atoms with Gasteiger partial charge in [0.05, 0.1) is 11.7 Å². The summed E-state index contributed by atoms with van der Waals surface area (Å²) in [6.45, 7) is 4.98. The summed E-state index contributed by atoms with van der Waals surface area (Å²) in [5, 5.41) is 19.4. The molecule has 4 heteroatoms. The van der Waals surface area contributed by atoms with Gasteiger partial charge >= 0.3 is 0 Å². The van der Waals surface area contributed by atoms with Crippen LogP contribution in [0.2, 0.25) is 0 Å². The summed E-state index contributed by atoms with van der Waals surface area (Å²) in [6, 6.07) is 5.16. The van der Waals surface area contributed by atoms with Crippen molar-refractivity contribution < 1.29 is 15.0 Å². The van der Waals surface area contributed by atoms with E-state index in [9.17, 15) is 15.0 Å². The molecule has 1 aromatic rings. The summed E-state index contributed by atoms with van der Waals surface area (Å²) >= 11 is 0. The summed E-state index contributed by atoms with van der Waals surface area (Å²) in [5.74, 6) is 0.0269. The number of phenols is 1. The molecule has 19 heavy (non-hydrogen) atoms. The van der Waals surface area contributed by atoms with Crippen molar-refractivity contribution in [3.8, 4) is 5.75 Å². The number of nitrogens with zero attached hydrogens (tertiary/aromatic N) is 1. The van der Waals surface area contributed by atoms with E-state index in [1.807, 2.05) is 13.0 Å². The van der Waals surface area contributed by atoms with Gasteiger partial charge in [0, 0.05) is 19.0 Å². The maximum atomic E-state index is 12.4. The second kappa shape index (κ2) is 5.61. The smallest absolute Gasteiger partial charge is 0.257 e. The third-order valence-electron chi connectivity index (χ3n) is 3.89. The van der Waals surface area contributed by atoms with Crippen LogP contribution in [0.3, 0.4) is 0 Å². The van der Waals surface area contributed by atoms with Gasteiger partial charge in [-0.1, -0.05) is 13.0 Å². The van der Waals surface area contributed by atoms with Crippen molar-refractivity contribution in [3.05, 3.63) is 29.3 Å². The molecule has 2 rings (SSSR count). The lowest BCUT2D eigenvalue weighted by Crippen LogP contribution is -2.30. The number of aromatic hydroxyl groups is 1. The van der Waals surface area contributed by atoms with E-state index in [4.69, 9.17) is 0 Å². The number of rotatable bonds is 3. The van der Waals surface area contributed by atoms with Gasteiger partial charge in [0.15, 0.2) is 0 Å². The Morgan fingerprint density at radius 1 is 1.53 bits per heavy atom. The number of hydrogen-bond acceptors (Lipinski definition) is 3. The van der Waals surface area contributed by atoms with E-state index in [0.29, 0.717) is 18.7 Å². The molecule has 1 amide bonds. The van der Waals surface area contributed by atoms with E-state index in [2.05, 4.69) is 0 Å². The fourth-order valence-electron chi connectivity index (χ4n) is 2.51. The van der Waals surface area contributed by atoms with Crippen LogP contribution in [0.25, 0.3) is 0 Å². The number of carbonyl (C=O) groups is 1. The van der Waals surface area contributed by atoms with Crippen LogP contribution in [0, 0.1) is 5.92 Å². The van der Waals surface area contributed by atoms with Crippen LogP contribution in [0.15, 0.2) is 18.2 Å². The first-order valence-electron chi connectivity index (χ1n) is 6.82. The van der Waals surface area contributed by atoms with Gasteiger partial charge in [-0.05, 0) is 37.5 Å². The Morgan fingerprint density at radius 2 is 2.26 bits per heavy atom. The zero-order valence-corrected chi connectivity index (χ0v) is 11.5. The molecule has 0 saturated carbocycles. The molecule has 2 unspecified atom stereocenters. The molecule has 4 nitrogen and oxygen atoms in total. The highest BCUT2D eigenvalue weighted by atomic mass is 16.3. The number of carbonyl (C=O) groups excluding carboxylic acids is 1. The fourth-order valence-corrected chi connectivity index (χ4v) is 2.51. The molecule has 0 aliphatic carbocycles. The van der Waals surface area contributed by atoms with Crippen LogP contribution in [-0.4, -0.2) is 40.2 Å². The number of aliphatic hydroxyl groups is 1. The molecule has 1 aromatic carbocycles. The Hall–Kier alpha value is -1.55. The van der Waals surface area contributed by atoms with Crippen molar-refractivity contribution in [1.82, 2.24) is 4.90 Å². The van der Waals surface area contributed by atoms with Crippen molar-refractivity contribution >= 4 is 5.91 Å². The Bertz CT molecular complexity index is 470. The Kier molecular flexibility index (Phi) is 4.10. The van der Waals surface area contributed by atoms with Crippen LogP contribution < -0.4 is 0 Å².